The minimum absolute atomic E-state index is 0.0624. The number of nitrogens with zero attached hydrogens (tertiary/aromatic N) is 1. The van der Waals surface area contributed by atoms with Crippen LogP contribution in [0.1, 0.15) is 29.5 Å². The van der Waals surface area contributed by atoms with Crippen LogP contribution in [0.25, 0.3) is 0 Å². The minimum Gasteiger partial charge on any atom is -0.491 e. The number of hydrogen-bond acceptors (Lipinski definition) is 7. The van der Waals surface area contributed by atoms with Gasteiger partial charge < -0.3 is 20.1 Å². The predicted molar refractivity (Wildman–Crippen MR) is 142 cm³/mol. The topological polar surface area (TPSA) is 118 Å². The summed E-state index contributed by atoms with van der Waals surface area (Å²) in [5.74, 6) is -3.97. The fourth-order valence-electron chi connectivity index (χ4n) is 3.82. The van der Waals surface area contributed by atoms with Crippen molar-refractivity contribution in [2.45, 2.75) is 26.3 Å². The van der Waals surface area contributed by atoms with Crippen LogP contribution in [0.4, 0.5) is 0 Å². The number of methoxy groups -OCH3 is 1. The van der Waals surface area contributed by atoms with Crippen molar-refractivity contribution in [3.63, 3.8) is 0 Å². The van der Waals surface area contributed by atoms with Crippen LogP contribution in [-0.2, 0) is 25.7 Å². The third kappa shape index (κ3) is 6.77. The molecule has 0 spiro atoms. The first-order valence-corrected chi connectivity index (χ1v) is 13.0. The highest BCUT2D eigenvalue weighted by Gasteiger charge is 2.44. The molecule has 0 saturated heterocycles. The Morgan fingerprint density at radius 3 is 2.41 bits per heavy atom. The molecule has 0 fully saturated rings. The van der Waals surface area contributed by atoms with Gasteiger partial charge in [0.15, 0.2) is 5.75 Å². The van der Waals surface area contributed by atoms with E-state index in [1.54, 1.807) is 6.92 Å². The van der Waals surface area contributed by atoms with Crippen molar-refractivity contribution in [1.82, 2.24) is 10.6 Å². The SMILES string of the molecule is CCOc1c(Cl)cc([C@H]2C(C#N)=C(SCC(=O)NCc3ccc(C)cc3)NC(=O)[C@@H]2C(=O)OC)cc1Cl. The van der Waals surface area contributed by atoms with E-state index in [0.29, 0.717) is 18.7 Å². The number of benzene rings is 2. The molecule has 2 amide bonds. The maximum absolute atomic E-state index is 13.0. The van der Waals surface area contributed by atoms with Crippen LogP contribution in [0, 0.1) is 24.2 Å². The number of rotatable bonds is 9. The summed E-state index contributed by atoms with van der Waals surface area (Å²) in [4.78, 5) is 38.1. The smallest absolute Gasteiger partial charge is 0.319 e. The largest absolute Gasteiger partial charge is 0.491 e. The second-order valence-corrected chi connectivity index (χ2v) is 9.92. The fourth-order valence-corrected chi connectivity index (χ4v) is 5.31. The first-order valence-electron chi connectivity index (χ1n) is 11.3. The monoisotopic (exact) mass is 561 g/mol. The molecule has 194 valence electrons. The van der Waals surface area contributed by atoms with E-state index in [2.05, 4.69) is 16.7 Å². The highest BCUT2D eigenvalue weighted by molar-refractivity contribution is 8.03. The third-order valence-corrected chi connectivity index (χ3v) is 7.19. The average Bonchev–Trinajstić information content (AvgIpc) is 2.88. The van der Waals surface area contributed by atoms with Gasteiger partial charge in [0.2, 0.25) is 11.8 Å². The molecule has 2 aromatic carbocycles. The molecule has 2 aromatic rings. The van der Waals surface area contributed by atoms with Gasteiger partial charge in [0, 0.05) is 12.5 Å². The van der Waals surface area contributed by atoms with Gasteiger partial charge in [0.25, 0.3) is 0 Å². The van der Waals surface area contributed by atoms with Crippen molar-refractivity contribution in [1.29, 1.82) is 5.26 Å². The van der Waals surface area contributed by atoms with Crippen LogP contribution in [0.3, 0.4) is 0 Å². The quantitative estimate of drug-likeness (QED) is 0.342. The van der Waals surface area contributed by atoms with Crippen molar-refractivity contribution in [3.8, 4) is 11.8 Å². The van der Waals surface area contributed by atoms with Crippen LogP contribution >= 0.6 is 35.0 Å². The van der Waals surface area contributed by atoms with Gasteiger partial charge in [-0.25, -0.2) is 0 Å². The molecule has 3 rings (SSSR count). The van der Waals surface area contributed by atoms with Gasteiger partial charge >= 0.3 is 5.97 Å². The second-order valence-electron chi connectivity index (χ2n) is 8.12. The molecule has 1 heterocycles. The molecule has 2 atom stereocenters. The lowest BCUT2D eigenvalue weighted by molar-refractivity contribution is -0.150. The van der Waals surface area contributed by atoms with E-state index < -0.39 is 23.7 Å². The Morgan fingerprint density at radius 2 is 1.84 bits per heavy atom. The van der Waals surface area contributed by atoms with Gasteiger partial charge in [0.1, 0.15) is 5.92 Å². The van der Waals surface area contributed by atoms with Crippen molar-refractivity contribution < 1.29 is 23.9 Å². The standard InChI is InChI=1S/C26H25Cl2N3O5S/c1-4-36-23-18(27)9-16(10-19(23)28)21-17(11-29)25(31-24(33)22(21)26(34)35-3)37-13-20(32)30-12-15-7-5-14(2)6-8-15/h5-10,21-22H,4,12-13H2,1-3H3,(H,30,32)(H,31,33)/t21-,22+/m0/s1. The molecule has 0 aromatic heterocycles. The minimum atomic E-state index is -1.36. The highest BCUT2D eigenvalue weighted by Crippen LogP contribution is 2.44. The normalized spacial score (nSPS) is 17.0. The molecule has 0 unspecified atom stereocenters. The molecule has 0 radical (unpaired) electrons. The molecule has 0 bridgehead atoms. The number of esters is 1. The maximum Gasteiger partial charge on any atom is 0.319 e. The molecule has 37 heavy (non-hydrogen) atoms. The van der Waals surface area contributed by atoms with Crippen molar-refractivity contribution in [2.24, 2.45) is 5.92 Å². The van der Waals surface area contributed by atoms with Gasteiger partial charge in [-0.15, -0.1) is 0 Å². The molecular formula is C26H25Cl2N3O5S. The third-order valence-electron chi connectivity index (χ3n) is 5.61. The maximum atomic E-state index is 13.0. The van der Waals surface area contributed by atoms with Gasteiger partial charge in [-0.05, 0) is 37.1 Å². The molecule has 2 N–H and O–H groups in total. The van der Waals surface area contributed by atoms with Crippen LogP contribution in [0.2, 0.25) is 10.0 Å². The number of halogens is 2. The Balaban J connectivity index is 1.89. The Morgan fingerprint density at radius 1 is 1.19 bits per heavy atom. The summed E-state index contributed by atoms with van der Waals surface area (Å²) in [5.41, 5.74) is 2.51. The van der Waals surface area contributed by atoms with Crippen LogP contribution in [0.5, 0.6) is 5.75 Å². The average molecular weight is 562 g/mol. The summed E-state index contributed by atoms with van der Waals surface area (Å²) < 4.78 is 10.3. The van der Waals surface area contributed by atoms with Crippen molar-refractivity contribution >= 4 is 52.7 Å². The Hall–Kier alpha value is -3.19. The molecule has 1 aliphatic rings. The number of nitrogens with one attached hydrogen (secondary N) is 2. The van der Waals surface area contributed by atoms with E-state index in [4.69, 9.17) is 32.7 Å². The first-order chi connectivity index (χ1) is 17.7. The van der Waals surface area contributed by atoms with Crippen LogP contribution in [0.15, 0.2) is 47.0 Å². The molecular weight excluding hydrogens is 537 g/mol. The van der Waals surface area contributed by atoms with E-state index >= 15 is 0 Å². The Labute approximate surface area is 229 Å². The zero-order valence-corrected chi connectivity index (χ0v) is 22.7. The summed E-state index contributed by atoms with van der Waals surface area (Å²) >= 11 is 13.7. The van der Waals surface area contributed by atoms with Crippen molar-refractivity contribution in [3.05, 3.63) is 73.7 Å². The highest BCUT2D eigenvalue weighted by atomic mass is 35.5. The predicted octanol–water partition coefficient (Wildman–Crippen LogP) is 4.49. The summed E-state index contributed by atoms with van der Waals surface area (Å²) in [7, 11) is 1.16. The van der Waals surface area contributed by atoms with Gasteiger partial charge in [-0.2, -0.15) is 5.26 Å². The van der Waals surface area contributed by atoms with Gasteiger partial charge in [-0.3, -0.25) is 14.4 Å². The van der Waals surface area contributed by atoms with Crippen molar-refractivity contribution in [2.75, 3.05) is 19.5 Å². The molecule has 1 aliphatic heterocycles. The van der Waals surface area contributed by atoms with Crippen LogP contribution < -0.4 is 15.4 Å². The first kappa shape index (κ1) is 28.4. The van der Waals surface area contributed by atoms with Gasteiger partial charge in [-0.1, -0.05) is 64.8 Å². The summed E-state index contributed by atoms with van der Waals surface area (Å²) in [5, 5.41) is 16.0. The van der Waals surface area contributed by atoms with E-state index in [1.165, 1.54) is 12.1 Å². The van der Waals surface area contributed by atoms with Gasteiger partial charge in [0.05, 0.1) is 46.2 Å². The fraction of sp³-hybridized carbons (Fsp3) is 0.308. The Kier molecular flexibility index (Phi) is 9.86. The molecule has 8 nitrogen and oxygen atoms in total. The van der Waals surface area contributed by atoms with Crippen LogP contribution in [-0.4, -0.2) is 37.3 Å². The number of thioether (sulfide) groups is 1. The number of carbonyl (C=O) groups excluding carboxylic acids is 3. The van der Waals surface area contributed by atoms with E-state index in [0.717, 1.165) is 30.0 Å². The Bertz CT molecular complexity index is 1250. The van der Waals surface area contributed by atoms with E-state index in [9.17, 15) is 19.6 Å². The van der Waals surface area contributed by atoms with E-state index in [1.807, 2.05) is 31.2 Å². The molecule has 0 aliphatic carbocycles. The lowest BCUT2D eigenvalue weighted by atomic mass is 9.78. The number of aryl methyl sites for hydroxylation is 1. The molecule has 11 heteroatoms. The van der Waals surface area contributed by atoms with E-state index in [-0.39, 0.29) is 38.1 Å². The lowest BCUT2D eigenvalue weighted by Gasteiger charge is -2.31. The summed E-state index contributed by atoms with van der Waals surface area (Å²) in [6.45, 7) is 4.42. The zero-order valence-electron chi connectivity index (χ0n) is 20.4. The number of carbonyl (C=O) groups is 3. The zero-order chi connectivity index (χ0) is 27.1. The summed E-state index contributed by atoms with van der Waals surface area (Å²) in [6.07, 6.45) is 0. The molecule has 0 saturated carbocycles. The number of allylic oxidation sites excluding steroid dienone is 1. The number of amides is 2. The summed E-state index contributed by atoms with van der Waals surface area (Å²) in [6, 6.07) is 12.8. The number of hydrogen-bond donors (Lipinski definition) is 2. The number of nitriles is 1. The lowest BCUT2D eigenvalue weighted by Crippen LogP contribution is -2.44. The number of ether oxygens (including phenoxy) is 2. The second kappa shape index (κ2) is 12.9.